The fraction of sp³-hybridized carbons (Fsp3) is 0.485. The average molecular weight is 687 g/mol. The molecule has 3 unspecified atom stereocenters. The molecule has 0 radical (unpaired) electrons. The van der Waals surface area contributed by atoms with Crippen LogP contribution in [0.4, 0.5) is 13.9 Å². The van der Waals surface area contributed by atoms with E-state index >= 15 is 0 Å². The molecule has 0 bridgehead atoms. The third-order valence-corrected chi connectivity index (χ3v) is 9.49. The number of benzene rings is 1. The van der Waals surface area contributed by atoms with Crippen molar-refractivity contribution in [3.05, 3.63) is 69.8 Å². The number of thiazole rings is 1. The first-order chi connectivity index (χ1) is 23.3. The number of aryl methyl sites for hydroxylation is 1. The molecular formula is C33H36F2N4O8S. The Hall–Kier alpha value is -3.89. The van der Waals surface area contributed by atoms with E-state index in [2.05, 4.69) is 15.2 Å². The van der Waals surface area contributed by atoms with Crippen LogP contribution in [0.25, 0.3) is 0 Å². The predicted molar refractivity (Wildman–Crippen MR) is 169 cm³/mol. The summed E-state index contributed by atoms with van der Waals surface area (Å²) in [6.07, 6.45) is 2.73. The number of hydrogen-bond acceptors (Lipinski definition) is 11. The van der Waals surface area contributed by atoms with Crippen molar-refractivity contribution in [2.45, 2.75) is 43.7 Å². The number of amides is 4. The van der Waals surface area contributed by atoms with E-state index in [0.29, 0.717) is 43.9 Å². The van der Waals surface area contributed by atoms with E-state index in [4.69, 9.17) is 18.9 Å². The quantitative estimate of drug-likeness (QED) is 0.233. The van der Waals surface area contributed by atoms with Crippen LogP contribution in [0.1, 0.15) is 57.2 Å². The summed E-state index contributed by atoms with van der Waals surface area (Å²) in [5.74, 6) is -4.64. The summed E-state index contributed by atoms with van der Waals surface area (Å²) in [5, 5.41) is 4.86. The minimum absolute atomic E-state index is 0.0396. The van der Waals surface area contributed by atoms with Gasteiger partial charge in [0, 0.05) is 31.5 Å². The molecule has 15 heteroatoms. The van der Waals surface area contributed by atoms with E-state index in [0.717, 1.165) is 29.2 Å². The summed E-state index contributed by atoms with van der Waals surface area (Å²) in [6, 6.07) is 4.03. The lowest BCUT2D eigenvalue weighted by atomic mass is 9.93. The molecule has 4 amide bonds. The minimum atomic E-state index is -1.15. The zero-order valence-corrected chi connectivity index (χ0v) is 27.0. The van der Waals surface area contributed by atoms with Crippen molar-refractivity contribution >= 4 is 40.1 Å². The van der Waals surface area contributed by atoms with E-state index in [1.165, 1.54) is 11.3 Å². The lowest BCUT2D eigenvalue weighted by Crippen LogP contribution is -2.54. The molecule has 1 aliphatic carbocycles. The lowest BCUT2D eigenvalue weighted by Gasteiger charge is -2.27. The minimum Gasteiger partial charge on any atom is -0.379 e. The highest BCUT2D eigenvalue weighted by Gasteiger charge is 2.45. The molecule has 1 aromatic heterocycles. The number of aromatic nitrogens is 1. The monoisotopic (exact) mass is 686 g/mol. The molecule has 3 aliphatic heterocycles. The Bertz CT molecular complexity index is 1610. The number of imide groups is 2. The number of halogens is 2. The number of carbonyl (C=O) groups is 4. The molecule has 3 atom stereocenters. The number of rotatable bonds is 14. The first-order valence-corrected chi connectivity index (χ1v) is 16.8. The highest BCUT2D eigenvalue weighted by molar-refractivity contribution is 7.13. The molecule has 6 rings (SSSR count). The highest BCUT2D eigenvalue weighted by atomic mass is 32.1. The fourth-order valence-electron chi connectivity index (χ4n) is 6.14. The summed E-state index contributed by atoms with van der Waals surface area (Å²) in [6.45, 7) is 3.79. The van der Waals surface area contributed by atoms with E-state index in [1.807, 2.05) is 5.38 Å². The molecule has 2 fully saturated rings. The van der Waals surface area contributed by atoms with Gasteiger partial charge in [-0.2, -0.15) is 0 Å². The average Bonchev–Trinajstić information content (AvgIpc) is 3.68. The van der Waals surface area contributed by atoms with Crippen LogP contribution in [0, 0.1) is 0 Å². The SMILES string of the molecule is O=C1CCC(N2C(=O)c3cccc(CCCOCCOCCOC4C(F)=C(F)C=CC4c4csc(N5CCOCC5)n4)c3C2=O)C(=O)N1. The Kier molecular flexibility index (Phi) is 11.0. The Morgan fingerprint density at radius 3 is 2.56 bits per heavy atom. The maximum Gasteiger partial charge on any atom is 0.262 e. The van der Waals surface area contributed by atoms with Gasteiger partial charge in [-0.25, -0.2) is 13.8 Å². The van der Waals surface area contributed by atoms with Crippen LogP contribution in [-0.2, 0) is 35.0 Å². The molecule has 1 aromatic carbocycles. The van der Waals surface area contributed by atoms with Crippen LogP contribution < -0.4 is 10.2 Å². The smallest absolute Gasteiger partial charge is 0.262 e. The number of piperidine rings is 1. The molecule has 2 saturated heterocycles. The van der Waals surface area contributed by atoms with Crippen molar-refractivity contribution in [3.63, 3.8) is 0 Å². The number of nitrogens with one attached hydrogen (secondary N) is 1. The standard InChI is InChI=1S/C33H36F2N4O8S/c34-23-7-6-21(24-19-48-33(36-24)38-10-13-45-14-11-38)29(28(23)35)47-18-17-46-16-15-44-12-2-4-20-3-1-5-22-27(20)32(43)39(31(22)42)25-8-9-26(40)37-30(25)41/h1,3,5-7,19,21,25,29H,2,4,8-18H2,(H,37,40,41). The van der Waals surface area contributed by atoms with Gasteiger partial charge in [0.05, 0.1) is 62.4 Å². The van der Waals surface area contributed by atoms with Gasteiger partial charge in [0.15, 0.2) is 16.8 Å². The van der Waals surface area contributed by atoms with Crippen LogP contribution in [-0.4, -0.2) is 105 Å². The first-order valence-electron chi connectivity index (χ1n) is 16.0. The Morgan fingerprint density at radius 1 is 1.00 bits per heavy atom. The molecule has 12 nitrogen and oxygen atoms in total. The number of hydrogen-bond donors (Lipinski definition) is 1. The number of fused-ring (bicyclic) bond motifs is 1. The zero-order chi connectivity index (χ0) is 33.6. The second-order valence-electron chi connectivity index (χ2n) is 11.6. The van der Waals surface area contributed by atoms with Gasteiger partial charge in [0.1, 0.15) is 12.1 Å². The largest absolute Gasteiger partial charge is 0.379 e. The molecule has 1 N–H and O–H groups in total. The van der Waals surface area contributed by atoms with Gasteiger partial charge in [-0.3, -0.25) is 29.4 Å². The molecule has 0 spiro atoms. The van der Waals surface area contributed by atoms with Gasteiger partial charge >= 0.3 is 0 Å². The third kappa shape index (κ3) is 7.39. The van der Waals surface area contributed by atoms with Crippen molar-refractivity contribution < 1.29 is 46.9 Å². The van der Waals surface area contributed by atoms with E-state index in [1.54, 1.807) is 24.3 Å². The number of ether oxygens (including phenoxy) is 4. The Morgan fingerprint density at radius 2 is 1.77 bits per heavy atom. The Labute approximate surface area is 279 Å². The summed E-state index contributed by atoms with van der Waals surface area (Å²) in [7, 11) is 0. The van der Waals surface area contributed by atoms with Gasteiger partial charge in [-0.05, 0) is 37.0 Å². The van der Waals surface area contributed by atoms with E-state index < -0.39 is 53.3 Å². The van der Waals surface area contributed by atoms with Crippen LogP contribution in [0.2, 0.25) is 0 Å². The second kappa shape index (κ2) is 15.6. The van der Waals surface area contributed by atoms with Crippen molar-refractivity contribution in [1.82, 2.24) is 15.2 Å². The van der Waals surface area contributed by atoms with Gasteiger partial charge in [0.2, 0.25) is 11.8 Å². The molecule has 256 valence electrons. The Balaban J connectivity index is 0.905. The summed E-state index contributed by atoms with van der Waals surface area (Å²) in [4.78, 5) is 57.8. The van der Waals surface area contributed by atoms with Gasteiger partial charge in [-0.15, -0.1) is 11.3 Å². The van der Waals surface area contributed by atoms with Crippen molar-refractivity contribution in [2.75, 3.05) is 64.2 Å². The van der Waals surface area contributed by atoms with Crippen LogP contribution >= 0.6 is 11.3 Å². The van der Waals surface area contributed by atoms with Crippen LogP contribution in [0.15, 0.2) is 47.4 Å². The number of morpholine rings is 1. The molecule has 2 aromatic rings. The van der Waals surface area contributed by atoms with Gasteiger partial charge < -0.3 is 23.8 Å². The van der Waals surface area contributed by atoms with Crippen LogP contribution in [0.5, 0.6) is 0 Å². The lowest BCUT2D eigenvalue weighted by molar-refractivity contribution is -0.136. The molecule has 4 heterocycles. The number of allylic oxidation sites excluding steroid dienone is 2. The first kappa shape index (κ1) is 34.0. The van der Waals surface area contributed by atoms with Crippen molar-refractivity contribution in [3.8, 4) is 0 Å². The second-order valence-corrected chi connectivity index (χ2v) is 12.5. The van der Waals surface area contributed by atoms with Crippen molar-refractivity contribution in [2.24, 2.45) is 0 Å². The van der Waals surface area contributed by atoms with Crippen molar-refractivity contribution in [1.29, 1.82) is 0 Å². The summed E-state index contributed by atoms with van der Waals surface area (Å²) < 4.78 is 51.3. The summed E-state index contributed by atoms with van der Waals surface area (Å²) in [5.41, 5.74) is 1.82. The molecule has 48 heavy (non-hydrogen) atoms. The van der Waals surface area contributed by atoms with Gasteiger partial charge in [0.25, 0.3) is 11.8 Å². The zero-order valence-electron chi connectivity index (χ0n) is 26.2. The molecular weight excluding hydrogens is 650 g/mol. The van der Waals surface area contributed by atoms with Gasteiger partial charge in [-0.1, -0.05) is 18.2 Å². The predicted octanol–water partition coefficient (Wildman–Crippen LogP) is 3.24. The summed E-state index contributed by atoms with van der Waals surface area (Å²) >= 11 is 1.45. The van der Waals surface area contributed by atoms with E-state index in [-0.39, 0.29) is 50.4 Å². The van der Waals surface area contributed by atoms with Crippen LogP contribution in [0.3, 0.4) is 0 Å². The molecule has 4 aliphatic rings. The maximum absolute atomic E-state index is 14.8. The molecule has 0 saturated carbocycles. The normalized spacial score (nSPS) is 22.9. The van der Waals surface area contributed by atoms with E-state index in [9.17, 15) is 28.0 Å². The highest BCUT2D eigenvalue weighted by Crippen LogP contribution is 2.37. The third-order valence-electron chi connectivity index (χ3n) is 8.57. The topological polar surface area (TPSA) is 137 Å². The number of carbonyl (C=O) groups excluding carboxylic acids is 4. The number of anilines is 1. The number of nitrogens with zero attached hydrogens (tertiary/aromatic N) is 3. The fourth-order valence-corrected chi connectivity index (χ4v) is 7.06. The maximum atomic E-state index is 14.8.